The highest BCUT2D eigenvalue weighted by Crippen LogP contribution is 2.37. The van der Waals surface area contributed by atoms with E-state index in [1.165, 1.54) is 0 Å². The molecular formula is C9H2F8O2. The fraction of sp³-hybridized carbons (Fsp3) is 0.222. The van der Waals surface area contributed by atoms with Gasteiger partial charge in [0.05, 0.1) is 0 Å². The highest BCUT2D eigenvalue weighted by atomic mass is 19.4. The minimum absolute atomic E-state index is 0.172. The van der Waals surface area contributed by atoms with Crippen LogP contribution in [0.4, 0.5) is 35.1 Å². The van der Waals surface area contributed by atoms with Crippen LogP contribution in [-0.2, 0) is 4.79 Å². The quantitative estimate of drug-likeness (QED) is 0.362. The lowest BCUT2D eigenvalue weighted by Crippen LogP contribution is -2.46. The maximum absolute atomic E-state index is 12.9. The minimum Gasteiger partial charge on any atom is -0.419 e. The van der Waals surface area contributed by atoms with E-state index in [0.29, 0.717) is 0 Å². The molecule has 10 heteroatoms. The molecule has 0 saturated heterocycles. The second kappa shape index (κ2) is 4.67. The molecule has 0 heterocycles. The van der Waals surface area contributed by atoms with Gasteiger partial charge in [-0.3, -0.25) is 0 Å². The Kier molecular flexibility index (Phi) is 3.73. The van der Waals surface area contributed by atoms with Crippen LogP contribution in [0.15, 0.2) is 12.1 Å². The zero-order valence-corrected chi connectivity index (χ0v) is 8.49. The summed E-state index contributed by atoms with van der Waals surface area (Å²) in [5.74, 6) is -16.0. The van der Waals surface area contributed by atoms with Crippen molar-refractivity contribution in [3.05, 3.63) is 29.6 Å². The summed E-state index contributed by atoms with van der Waals surface area (Å²) in [5, 5.41) is 0. The minimum atomic E-state index is -6.26. The molecule has 0 aliphatic heterocycles. The van der Waals surface area contributed by atoms with Gasteiger partial charge >= 0.3 is 18.1 Å². The first-order valence-electron chi connectivity index (χ1n) is 4.28. The summed E-state index contributed by atoms with van der Waals surface area (Å²) in [5.41, 5.74) is 0. The van der Waals surface area contributed by atoms with Crippen LogP contribution in [0.2, 0.25) is 0 Å². The summed E-state index contributed by atoms with van der Waals surface area (Å²) in [6.45, 7) is 0. The molecular weight excluding hydrogens is 292 g/mol. The van der Waals surface area contributed by atoms with Crippen LogP contribution in [0, 0.1) is 17.5 Å². The molecule has 0 aromatic heterocycles. The Labute approximate surface area is 99.1 Å². The van der Waals surface area contributed by atoms with E-state index in [9.17, 15) is 39.9 Å². The number of carbonyl (C=O) groups is 1. The molecule has 1 aromatic carbocycles. The molecule has 1 rings (SSSR count). The number of esters is 1. The number of ether oxygens (including phenoxy) is 1. The molecule has 0 aliphatic rings. The maximum Gasteiger partial charge on any atom is 0.465 e. The van der Waals surface area contributed by atoms with Gasteiger partial charge in [-0.15, -0.1) is 0 Å². The van der Waals surface area contributed by atoms with Crippen molar-refractivity contribution in [2.45, 2.75) is 12.1 Å². The summed E-state index contributed by atoms with van der Waals surface area (Å²) in [4.78, 5) is 10.6. The number of benzene rings is 1. The number of carbonyl (C=O) groups excluding carboxylic acids is 1. The Bertz CT molecular complexity index is 508. The molecule has 19 heavy (non-hydrogen) atoms. The highest BCUT2D eigenvalue weighted by molar-refractivity contribution is 5.80. The van der Waals surface area contributed by atoms with Gasteiger partial charge in [0.15, 0.2) is 23.2 Å². The van der Waals surface area contributed by atoms with Gasteiger partial charge in [0, 0.05) is 12.1 Å². The number of halogens is 8. The number of rotatable bonds is 2. The SMILES string of the molecule is O=C(Oc1cc(F)c(F)cc1F)C(F)(F)C(F)(F)F. The first-order valence-corrected chi connectivity index (χ1v) is 4.28. The third-order valence-electron chi connectivity index (χ3n) is 1.79. The topological polar surface area (TPSA) is 26.3 Å². The maximum atomic E-state index is 12.9. The van der Waals surface area contributed by atoms with Crippen molar-refractivity contribution >= 4 is 5.97 Å². The van der Waals surface area contributed by atoms with Gasteiger partial charge in [0.1, 0.15) is 0 Å². The average Bonchev–Trinajstić information content (AvgIpc) is 2.24. The van der Waals surface area contributed by atoms with Gasteiger partial charge in [0.25, 0.3) is 0 Å². The predicted molar refractivity (Wildman–Crippen MR) is 43.0 cm³/mol. The second-order valence-corrected chi connectivity index (χ2v) is 3.16. The molecule has 0 spiro atoms. The molecule has 0 amide bonds. The summed E-state index contributed by atoms with van der Waals surface area (Å²) in [6, 6.07) is -0.349. The van der Waals surface area contributed by atoms with Crippen molar-refractivity contribution in [2.24, 2.45) is 0 Å². The fourth-order valence-electron chi connectivity index (χ4n) is 0.862. The molecule has 0 saturated carbocycles. The first kappa shape index (κ1) is 15.2. The first-order chi connectivity index (χ1) is 8.46. The molecule has 0 aliphatic carbocycles. The predicted octanol–water partition coefficient (Wildman–Crippen LogP) is 3.21. The van der Waals surface area contributed by atoms with Gasteiger partial charge in [0.2, 0.25) is 0 Å². The Balaban J connectivity index is 3.05. The van der Waals surface area contributed by atoms with Crippen molar-refractivity contribution in [1.82, 2.24) is 0 Å². The lowest BCUT2D eigenvalue weighted by atomic mass is 10.3. The summed E-state index contributed by atoms with van der Waals surface area (Å²) in [7, 11) is 0. The van der Waals surface area contributed by atoms with Crippen LogP contribution in [0.3, 0.4) is 0 Å². The number of alkyl halides is 5. The lowest BCUT2D eigenvalue weighted by Gasteiger charge is -2.17. The van der Waals surface area contributed by atoms with E-state index >= 15 is 0 Å². The molecule has 1 aromatic rings. The standard InChI is InChI=1S/C9H2F8O2/c10-3-1-5(12)6(2-4(3)11)19-7(18)8(13,14)9(15,16)17/h1-2H. The van der Waals surface area contributed by atoms with Crippen molar-refractivity contribution in [3.8, 4) is 5.75 Å². The highest BCUT2D eigenvalue weighted by Gasteiger charge is 2.65. The van der Waals surface area contributed by atoms with Crippen molar-refractivity contribution in [1.29, 1.82) is 0 Å². The summed E-state index contributed by atoms with van der Waals surface area (Å²) >= 11 is 0. The van der Waals surface area contributed by atoms with E-state index < -0.39 is 41.3 Å². The second-order valence-electron chi connectivity index (χ2n) is 3.16. The molecule has 0 bridgehead atoms. The van der Waals surface area contributed by atoms with E-state index in [0.717, 1.165) is 0 Å². The Morgan fingerprint density at radius 1 is 0.895 bits per heavy atom. The van der Waals surface area contributed by atoms with Gasteiger partial charge < -0.3 is 4.74 Å². The molecule has 0 N–H and O–H groups in total. The van der Waals surface area contributed by atoms with Crippen molar-refractivity contribution < 1.29 is 44.7 Å². The zero-order valence-electron chi connectivity index (χ0n) is 8.49. The van der Waals surface area contributed by atoms with E-state index in [1.807, 2.05) is 0 Å². The number of hydrogen-bond acceptors (Lipinski definition) is 2. The largest absolute Gasteiger partial charge is 0.465 e. The molecule has 0 fully saturated rings. The van der Waals surface area contributed by atoms with E-state index in [4.69, 9.17) is 0 Å². The normalized spacial score (nSPS) is 12.4. The number of hydrogen-bond donors (Lipinski definition) is 0. The van der Waals surface area contributed by atoms with Crippen LogP contribution in [0.1, 0.15) is 0 Å². The Morgan fingerprint density at radius 2 is 1.37 bits per heavy atom. The monoisotopic (exact) mass is 294 g/mol. The van der Waals surface area contributed by atoms with E-state index in [2.05, 4.69) is 4.74 Å². The van der Waals surface area contributed by atoms with Gasteiger partial charge in [-0.25, -0.2) is 18.0 Å². The summed E-state index contributed by atoms with van der Waals surface area (Å²) < 4.78 is 101. The average molecular weight is 294 g/mol. The van der Waals surface area contributed by atoms with Crippen molar-refractivity contribution in [3.63, 3.8) is 0 Å². The Hall–Kier alpha value is -1.87. The Morgan fingerprint density at radius 3 is 1.84 bits per heavy atom. The lowest BCUT2D eigenvalue weighted by molar-refractivity contribution is -0.276. The van der Waals surface area contributed by atoms with Crippen LogP contribution in [0.5, 0.6) is 5.75 Å². The molecule has 2 nitrogen and oxygen atoms in total. The summed E-state index contributed by atoms with van der Waals surface area (Å²) in [6.07, 6.45) is -6.26. The van der Waals surface area contributed by atoms with E-state index in [1.54, 1.807) is 0 Å². The molecule has 0 unspecified atom stereocenters. The van der Waals surface area contributed by atoms with Gasteiger partial charge in [-0.2, -0.15) is 22.0 Å². The van der Waals surface area contributed by atoms with Crippen LogP contribution < -0.4 is 4.74 Å². The van der Waals surface area contributed by atoms with Crippen LogP contribution in [-0.4, -0.2) is 18.1 Å². The third-order valence-corrected chi connectivity index (χ3v) is 1.79. The van der Waals surface area contributed by atoms with Gasteiger partial charge in [-0.1, -0.05) is 0 Å². The third kappa shape index (κ3) is 2.93. The van der Waals surface area contributed by atoms with Crippen LogP contribution in [0.25, 0.3) is 0 Å². The smallest absolute Gasteiger partial charge is 0.419 e. The molecule has 0 radical (unpaired) electrons. The van der Waals surface area contributed by atoms with Gasteiger partial charge in [-0.05, 0) is 0 Å². The van der Waals surface area contributed by atoms with Crippen molar-refractivity contribution in [2.75, 3.05) is 0 Å². The molecule has 0 atom stereocenters. The fourth-order valence-corrected chi connectivity index (χ4v) is 0.862. The molecule has 106 valence electrons. The zero-order chi connectivity index (χ0) is 15.0. The van der Waals surface area contributed by atoms with E-state index in [-0.39, 0.29) is 12.1 Å². The van der Waals surface area contributed by atoms with Crippen LogP contribution >= 0.6 is 0 Å².